The molecule has 0 amide bonds. The van der Waals surface area contributed by atoms with Gasteiger partial charge in [0, 0.05) is 0 Å². The van der Waals surface area contributed by atoms with Crippen LogP contribution in [0.4, 0.5) is 4.39 Å². The van der Waals surface area contributed by atoms with E-state index in [1.807, 2.05) is 0 Å². The number of rotatable bonds is 3. The first-order valence-corrected chi connectivity index (χ1v) is 15.1. The van der Waals surface area contributed by atoms with Gasteiger partial charge in [-0.1, -0.05) is 0 Å². The molecule has 0 saturated heterocycles. The molecule has 0 aliphatic carbocycles. The minimum absolute atomic E-state index is 0.244. The Hall–Kier alpha value is -0.251. The van der Waals surface area contributed by atoms with E-state index >= 15 is 0 Å². The normalized spacial score (nSPS) is 9.47. The van der Waals surface area contributed by atoms with Crippen molar-refractivity contribution in [1.82, 2.24) is 0 Å². The van der Waals surface area contributed by atoms with Crippen LogP contribution >= 0.6 is 0 Å². The van der Waals surface area contributed by atoms with Gasteiger partial charge in [-0.05, 0) is 37.6 Å². The fourth-order valence-electron chi connectivity index (χ4n) is 0.721. The van der Waals surface area contributed by atoms with E-state index in [-0.39, 0.29) is 5.82 Å². The maximum absolute atomic E-state index is 12.3. The molecular weight excluding hydrogens is 298 g/mol. The van der Waals surface area contributed by atoms with Gasteiger partial charge in [-0.2, -0.15) is 0 Å². The Balaban J connectivity index is 0.000000423. The molecule has 0 fully saturated rings. The molecule has 0 spiro atoms. The second-order valence-corrected chi connectivity index (χ2v) is 13.8. The second-order valence-electron chi connectivity index (χ2n) is 3.89. The Kier molecular flexibility index (Phi) is 8.86. The number of benzene rings is 1. The van der Waals surface area contributed by atoms with Crippen molar-refractivity contribution in [2.75, 3.05) is 6.61 Å². The van der Waals surface area contributed by atoms with Gasteiger partial charge >= 0.3 is 34.6 Å². The van der Waals surface area contributed by atoms with Crippen LogP contribution in [0.25, 0.3) is 0 Å². The van der Waals surface area contributed by atoms with Crippen LogP contribution in [-0.4, -0.2) is 26.4 Å². The van der Waals surface area contributed by atoms with Crippen molar-refractivity contribution < 1.29 is 9.13 Å². The van der Waals surface area contributed by atoms with Gasteiger partial charge in [-0.25, -0.2) is 4.39 Å². The molecule has 0 heterocycles. The zero-order valence-corrected chi connectivity index (χ0v) is 13.1. The van der Waals surface area contributed by atoms with Crippen LogP contribution in [0.2, 0.25) is 14.8 Å². The van der Waals surface area contributed by atoms with Crippen LogP contribution < -0.4 is 4.74 Å². The van der Waals surface area contributed by atoms with Crippen LogP contribution in [0.1, 0.15) is 6.42 Å². The molecule has 3 heteroatoms. The summed E-state index contributed by atoms with van der Waals surface area (Å²) < 4.78 is 17.5. The van der Waals surface area contributed by atoms with Crippen LogP contribution in [0.15, 0.2) is 24.3 Å². The van der Waals surface area contributed by atoms with Crippen molar-refractivity contribution in [3.8, 4) is 5.75 Å². The maximum atomic E-state index is 12.3. The molecule has 1 rings (SSSR count). The third kappa shape index (κ3) is 10.0. The predicted octanol–water partition coefficient (Wildman–Crippen LogP) is 3.53. The van der Waals surface area contributed by atoms with Crippen molar-refractivity contribution in [2.24, 2.45) is 0 Å². The summed E-state index contributed by atoms with van der Waals surface area (Å²) in [5.74, 6) is 0.446. The first-order valence-electron chi connectivity index (χ1n) is 5.24. The number of halogens is 1. The molecule has 1 aromatic carbocycles. The summed E-state index contributed by atoms with van der Waals surface area (Å²) in [7, 11) is 0. The van der Waals surface area contributed by atoms with Gasteiger partial charge in [0.1, 0.15) is 11.6 Å². The monoisotopic (exact) mass is 319 g/mol. The molecule has 0 unspecified atom stereocenters. The van der Waals surface area contributed by atoms with Crippen LogP contribution in [-0.2, 0) is 0 Å². The van der Waals surface area contributed by atoms with E-state index in [0.29, 0.717) is 12.4 Å². The summed E-state index contributed by atoms with van der Waals surface area (Å²) in [6.07, 6.45) is 0.720. The fourth-order valence-corrected chi connectivity index (χ4v) is 0.721. The number of ether oxygens (including phenoxy) is 1. The first-order chi connectivity index (χ1) is 7.06. The van der Waals surface area contributed by atoms with E-state index < -0.39 is 19.8 Å². The molecule has 85 valence electrons. The van der Waals surface area contributed by atoms with Crippen molar-refractivity contribution in [2.45, 2.75) is 21.2 Å². The summed E-state index contributed by atoms with van der Waals surface area (Å²) in [4.78, 5) is 7.13. The number of hydrogen-bond acceptors (Lipinski definition) is 1. The summed E-state index contributed by atoms with van der Waals surface area (Å²) in [5.41, 5.74) is 0. The summed E-state index contributed by atoms with van der Waals surface area (Å²) in [6.45, 7) is 4.19. The Morgan fingerprint density at radius 3 is 2.07 bits per heavy atom. The molecule has 1 nitrogen and oxygen atoms in total. The Bertz CT molecular complexity index is 244. The van der Waals surface area contributed by atoms with Crippen molar-refractivity contribution >= 4 is 19.8 Å². The molecule has 1 aromatic rings. The molecule has 0 N–H and O–H groups in total. The van der Waals surface area contributed by atoms with Crippen molar-refractivity contribution in [3.05, 3.63) is 37.0 Å². The van der Waals surface area contributed by atoms with Gasteiger partial charge in [0.15, 0.2) is 0 Å². The quantitative estimate of drug-likeness (QED) is 0.775. The van der Waals surface area contributed by atoms with Crippen molar-refractivity contribution in [1.29, 1.82) is 0 Å². The standard InChI is InChI=1S/C9H10FO.3CH3.Sn.H/c1-2-7-11-9-5-3-8(10)4-6-9;;;;;/h3-6H,1-2,7H2;3*1H3;;. The van der Waals surface area contributed by atoms with E-state index in [4.69, 9.17) is 4.74 Å². The predicted molar refractivity (Wildman–Crippen MR) is 66.6 cm³/mol. The number of hydrogen-bond donors (Lipinski definition) is 0. The topological polar surface area (TPSA) is 9.23 Å². The van der Waals surface area contributed by atoms with E-state index in [1.165, 1.54) is 12.1 Å². The molecule has 0 bridgehead atoms. The third-order valence-electron chi connectivity index (χ3n) is 1.23. The van der Waals surface area contributed by atoms with Crippen LogP contribution in [0, 0.1) is 12.7 Å². The fraction of sp³-hybridized carbons (Fsp3) is 0.417. The third-order valence-corrected chi connectivity index (χ3v) is 1.23. The Morgan fingerprint density at radius 1 is 1.20 bits per heavy atom. The van der Waals surface area contributed by atoms with E-state index in [2.05, 4.69) is 21.7 Å². The average molecular weight is 318 g/mol. The summed E-state index contributed by atoms with van der Waals surface area (Å²) in [5, 5.41) is 0. The van der Waals surface area contributed by atoms with Gasteiger partial charge in [-0.3, -0.25) is 0 Å². The average Bonchev–Trinajstić information content (AvgIpc) is 2.16. The van der Waals surface area contributed by atoms with Crippen LogP contribution in [0.5, 0.6) is 5.75 Å². The van der Waals surface area contributed by atoms with Gasteiger partial charge in [0.05, 0.1) is 6.61 Å². The molecular formula is C12H20FOSn. The Labute approximate surface area is 99.4 Å². The van der Waals surface area contributed by atoms with E-state index in [1.54, 1.807) is 12.1 Å². The minimum atomic E-state index is -0.637. The first kappa shape index (κ1) is 14.7. The summed E-state index contributed by atoms with van der Waals surface area (Å²) >= 11 is -0.637. The van der Waals surface area contributed by atoms with E-state index in [9.17, 15) is 4.39 Å². The zero-order valence-electron chi connectivity index (χ0n) is 9.79. The molecule has 0 aliphatic heterocycles. The zero-order chi connectivity index (χ0) is 11.7. The molecule has 0 atom stereocenters. The molecule has 0 aliphatic rings. The Morgan fingerprint density at radius 2 is 1.67 bits per heavy atom. The molecule has 15 heavy (non-hydrogen) atoms. The SMILES string of the molecule is [CH2]CCOc1ccc(F)cc1.[CH3][SnH]([CH3])[CH3]. The van der Waals surface area contributed by atoms with Gasteiger partial charge < -0.3 is 4.74 Å². The van der Waals surface area contributed by atoms with Gasteiger partial charge in [0.25, 0.3) is 0 Å². The van der Waals surface area contributed by atoms with Gasteiger partial charge in [0.2, 0.25) is 0 Å². The van der Waals surface area contributed by atoms with Crippen molar-refractivity contribution in [3.63, 3.8) is 0 Å². The molecule has 0 aromatic heterocycles. The van der Waals surface area contributed by atoms with E-state index in [0.717, 1.165) is 6.42 Å². The summed E-state index contributed by atoms with van der Waals surface area (Å²) in [6, 6.07) is 5.95. The molecule has 0 saturated carbocycles. The van der Waals surface area contributed by atoms with Crippen LogP contribution in [0.3, 0.4) is 0 Å². The second kappa shape index (κ2) is 9.01. The molecule has 1 radical (unpaired) electrons. The van der Waals surface area contributed by atoms with Gasteiger partial charge in [-0.15, -0.1) is 0 Å².